The molecule has 13 nitrogen and oxygen atoms in total. The monoisotopic (exact) mass is 851 g/mol. The second kappa shape index (κ2) is 17.2. The average Bonchev–Trinajstić information content (AvgIpc) is 4.15. The number of fused-ring (bicyclic) bond motifs is 4. The maximum absolute atomic E-state index is 14.0. The zero-order valence-electron chi connectivity index (χ0n) is 35.1. The summed E-state index contributed by atoms with van der Waals surface area (Å²) >= 11 is 1.75. The first-order valence-electron chi connectivity index (χ1n) is 21.1. The summed E-state index contributed by atoms with van der Waals surface area (Å²) in [4.78, 5) is 69.0. The Morgan fingerprint density at radius 1 is 0.806 bits per heavy atom. The molecule has 6 aromatic rings. The zero-order chi connectivity index (χ0) is 43.1. The van der Waals surface area contributed by atoms with Crippen LogP contribution in [0.2, 0.25) is 0 Å². The topological polar surface area (TPSA) is 158 Å². The molecule has 0 saturated carbocycles. The fourth-order valence-electron chi connectivity index (χ4n) is 9.26. The minimum atomic E-state index is -0.881. The number of nitrogens with one attached hydrogen (secondary N) is 3. The van der Waals surface area contributed by atoms with E-state index in [0.29, 0.717) is 30.9 Å². The van der Waals surface area contributed by atoms with Crippen LogP contribution in [0.1, 0.15) is 68.6 Å². The number of methoxy groups -OCH3 is 2. The molecule has 5 atom stereocenters. The number of nitrogens with zero attached hydrogens (tertiary/aromatic N) is 4. The van der Waals surface area contributed by atoms with E-state index in [1.807, 2.05) is 41.4 Å². The van der Waals surface area contributed by atoms with Gasteiger partial charge in [0.1, 0.15) is 17.9 Å². The van der Waals surface area contributed by atoms with Crippen LogP contribution in [-0.4, -0.2) is 94.8 Å². The Bertz CT molecular complexity index is 2730. The molecule has 3 aliphatic rings. The van der Waals surface area contributed by atoms with E-state index in [2.05, 4.69) is 70.2 Å². The van der Waals surface area contributed by atoms with Gasteiger partial charge in [-0.25, -0.2) is 9.78 Å². The van der Waals surface area contributed by atoms with Crippen molar-refractivity contribution in [3.8, 4) is 22.4 Å². The number of benzene rings is 4. The van der Waals surface area contributed by atoms with Crippen LogP contribution in [-0.2, 0) is 30.3 Å². The molecular formula is C48H49N7O6S. The number of ether oxygens (including phenoxy) is 2. The number of likely N-dealkylation sites (tertiary alicyclic amines) is 2. The highest BCUT2D eigenvalue weighted by Crippen LogP contribution is 2.41. The maximum Gasteiger partial charge on any atom is 0.407 e. The van der Waals surface area contributed by atoms with E-state index in [1.54, 1.807) is 30.3 Å². The summed E-state index contributed by atoms with van der Waals surface area (Å²) in [5.41, 5.74) is 7.84. The lowest BCUT2D eigenvalue weighted by Gasteiger charge is -2.31. The Morgan fingerprint density at radius 2 is 1.47 bits per heavy atom. The molecule has 3 aliphatic heterocycles. The lowest BCUT2D eigenvalue weighted by Crippen LogP contribution is -2.55. The minimum absolute atomic E-state index is 0.122. The summed E-state index contributed by atoms with van der Waals surface area (Å²) in [5, 5.41) is 7.90. The van der Waals surface area contributed by atoms with Crippen molar-refractivity contribution in [3.05, 3.63) is 108 Å². The van der Waals surface area contributed by atoms with Gasteiger partial charge in [0.15, 0.2) is 0 Å². The van der Waals surface area contributed by atoms with Crippen LogP contribution >= 0.6 is 11.3 Å². The Morgan fingerprint density at radius 3 is 2.18 bits per heavy atom. The molecule has 2 fully saturated rings. The molecule has 318 valence electrons. The van der Waals surface area contributed by atoms with E-state index in [0.717, 1.165) is 69.7 Å². The van der Waals surface area contributed by atoms with Gasteiger partial charge in [0.25, 0.3) is 5.91 Å². The molecule has 0 unspecified atom stereocenters. The van der Waals surface area contributed by atoms with Crippen molar-refractivity contribution in [2.75, 3.05) is 27.3 Å². The number of carbonyl (C=O) groups is 4. The molecule has 14 heteroatoms. The summed E-state index contributed by atoms with van der Waals surface area (Å²) in [6.45, 7) is 4.39. The Hall–Kier alpha value is -6.38. The highest BCUT2D eigenvalue weighted by molar-refractivity contribution is 7.25. The first kappa shape index (κ1) is 41.0. The number of aromatic amines is 1. The van der Waals surface area contributed by atoms with Crippen LogP contribution in [0.15, 0.2) is 96.1 Å². The molecule has 3 N–H and O–H groups in total. The molecule has 2 aromatic heterocycles. The molecule has 0 aliphatic carbocycles. The summed E-state index contributed by atoms with van der Waals surface area (Å²) in [7, 11) is 2.83. The van der Waals surface area contributed by atoms with E-state index < -0.39 is 24.3 Å². The van der Waals surface area contributed by atoms with Crippen LogP contribution in [0.25, 0.3) is 42.6 Å². The van der Waals surface area contributed by atoms with Crippen molar-refractivity contribution in [2.24, 2.45) is 4.99 Å². The largest absolute Gasteiger partial charge is 0.453 e. The number of aliphatic imine (C=N–C) groups is 1. The molecule has 9 rings (SSSR count). The second-order valence-corrected chi connectivity index (χ2v) is 17.4. The van der Waals surface area contributed by atoms with Gasteiger partial charge in [-0.05, 0) is 79.1 Å². The number of aromatic nitrogens is 2. The van der Waals surface area contributed by atoms with Crippen LogP contribution in [0.4, 0.5) is 10.5 Å². The summed E-state index contributed by atoms with van der Waals surface area (Å²) < 4.78 is 12.7. The van der Waals surface area contributed by atoms with E-state index >= 15 is 0 Å². The van der Waals surface area contributed by atoms with Crippen LogP contribution < -0.4 is 10.6 Å². The van der Waals surface area contributed by atoms with Crippen molar-refractivity contribution < 1.29 is 28.7 Å². The molecule has 5 heterocycles. The van der Waals surface area contributed by atoms with Gasteiger partial charge in [0, 0.05) is 65.0 Å². The van der Waals surface area contributed by atoms with E-state index in [-0.39, 0.29) is 29.8 Å². The van der Waals surface area contributed by atoms with Crippen molar-refractivity contribution in [3.63, 3.8) is 0 Å². The number of H-pyrrole nitrogens is 1. The second-order valence-electron chi connectivity index (χ2n) is 16.3. The molecule has 2 saturated heterocycles. The van der Waals surface area contributed by atoms with Gasteiger partial charge in [-0.15, -0.1) is 11.3 Å². The number of hydrogen-bond donors (Lipinski definition) is 3. The van der Waals surface area contributed by atoms with Gasteiger partial charge in [0.05, 0.1) is 42.9 Å². The maximum atomic E-state index is 14.0. The van der Waals surface area contributed by atoms with Gasteiger partial charge in [0.2, 0.25) is 11.8 Å². The van der Waals surface area contributed by atoms with Gasteiger partial charge >= 0.3 is 6.09 Å². The van der Waals surface area contributed by atoms with Gasteiger partial charge in [-0.1, -0.05) is 60.7 Å². The smallest absolute Gasteiger partial charge is 0.407 e. The molecule has 0 spiro atoms. The van der Waals surface area contributed by atoms with Crippen molar-refractivity contribution in [1.29, 1.82) is 0 Å². The number of carbonyl (C=O) groups excluding carboxylic acids is 4. The van der Waals surface area contributed by atoms with Gasteiger partial charge < -0.3 is 34.9 Å². The van der Waals surface area contributed by atoms with E-state index in [4.69, 9.17) is 19.5 Å². The number of hydrogen-bond acceptors (Lipinski definition) is 9. The van der Waals surface area contributed by atoms with E-state index in [9.17, 15) is 19.2 Å². The van der Waals surface area contributed by atoms with Crippen molar-refractivity contribution in [1.82, 2.24) is 30.4 Å². The zero-order valence-corrected chi connectivity index (χ0v) is 36.0. The number of imidazole rings is 1. The first-order chi connectivity index (χ1) is 30.1. The number of alkyl carbamates (subject to hydrolysis) is 1. The van der Waals surface area contributed by atoms with Gasteiger partial charge in [-0.3, -0.25) is 19.4 Å². The Kier molecular flexibility index (Phi) is 11.4. The molecule has 0 bridgehead atoms. The minimum Gasteiger partial charge on any atom is -0.453 e. The highest BCUT2D eigenvalue weighted by Gasteiger charge is 2.40. The molecule has 4 amide bonds. The van der Waals surface area contributed by atoms with Crippen LogP contribution in [0, 0.1) is 0 Å². The highest BCUT2D eigenvalue weighted by atomic mass is 32.1. The standard InChI is InChI=1S/C48H49N7O6S/c1-27(60-3)43(50-28(2)56)46(57)54-20-8-12-39(54)37-23-33-22-30(16-19-36(33)51-37)31-14-17-34-35-18-15-32(25-42(35)62-41(34)24-31)38-26-49-45(52-38)40-13-9-21-55(40)47(58)44(53-48(59)61-4)29-10-6-5-7-11-29/h5-7,10-11,14-19,22,24-27,39-40,43-44H,8-9,12-13,20-21,23H2,1-4H3,(H,49,52)(H,50,56)(H,53,59)/t27-,39+,40+,43+,44-/m1/s1. The first-order valence-corrected chi connectivity index (χ1v) is 21.9. The Balaban J connectivity index is 0.912. The Labute approximate surface area is 363 Å². The summed E-state index contributed by atoms with van der Waals surface area (Å²) in [5.74, 6) is 0.105. The van der Waals surface area contributed by atoms with Crippen molar-refractivity contribution >= 4 is 66.7 Å². The third kappa shape index (κ3) is 7.84. The predicted octanol–water partition coefficient (Wildman–Crippen LogP) is 8.03. The number of rotatable bonds is 11. The summed E-state index contributed by atoms with van der Waals surface area (Å²) in [6, 6.07) is 26.7. The summed E-state index contributed by atoms with van der Waals surface area (Å²) in [6.07, 6.45) is 4.66. The quantitative estimate of drug-likeness (QED) is 0.119. The lowest BCUT2D eigenvalue weighted by atomic mass is 9.98. The molecule has 62 heavy (non-hydrogen) atoms. The van der Waals surface area contributed by atoms with Crippen molar-refractivity contribution in [2.45, 2.75) is 76.2 Å². The number of amides is 4. The SMILES string of the molecule is COC(=O)N[C@@H](C(=O)N1CCC[C@H]1c1ncc(-c2ccc3c(c2)sc2cc(-c4ccc5c(c4)CC([C@@H]4CCCN4C(=O)[C@@H](NC(C)=O)[C@@H](C)OC)=N5)ccc23)[nH]1)c1ccccc1. The number of thiophene rings is 1. The van der Waals surface area contributed by atoms with Crippen LogP contribution in [0.5, 0.6) is 0 Å². The average molecular weight is 852 g/mol. The predicted molar refractivity (Wildman–Crippen MR) is 240 cm³/mol. The van der Waals surface area contributed by atoms with E-state index in [1.165, 1.54) is 29.5 Å². The lowest BCUT2D eigenvalue weighted by molar-refractivity contribution is -0.139. The third-order valence-electron chi connectivity index (χ3n) is 12.5. The fraction of sp³-hybridized carbons (Fsp3) is 0.333. The van der Waals surface area contributed by atoms with Gasteiger partial charge in [-0.2, -0.15) is 0 Å². The third-order valence-corrected chi connectivity index (χ3v) is 13.6. The molecule has 0 radical (unpaired) electrons. The molecule has 4 aromatic carbocycles. The van der Waals surface area contributed by atoms with Crippen LogP contribution in [0.3, 0.4) is 0 Å². The normalized spacial score (nSPS) is 18.7. The molecular weight excluding hydrogens is 803 g/mol. The fourth-order valence-corrected chi connectivity index (χ4v) is 10.4.